The second-order valence-electron chi connectivity index (χ2n) is 7.05. The zero-order chi connectivity index (χ0) is 21.8. The van der Waals surface area contributed by atoms with E-state index in [2.05, 4.69) is 19.2 Å². The summed E-state index contributed by atoms with van der Waals surface area (Å²) < 4.78 is 31.0. The quantitative estimate of drug-likeness (QED) is 0.658. The lowest BCUT2D eigenvalue weighted by Crippen LogP contribution is -2.30. The van der Waals surface area contributed by atoms with Gasteiger partial charge in [0.25, 0.3) is 15.9 Å². The van der Waals surface area contributed by atoms with Crippen molar-refractivity contribution in [3.05, 3.63) is 53.6 Å². The molecule has 1 amide bonds. The molecule has 158 valence electrons. The van der Waals surface area contributed by atoms with Gasteiger partial charge >= 0.3 is 0 Å². The third-order valence-corrected chi connectivity index (χ3v) is 6.26. The number of benzene rings is 2. The Morgan fingerprint density at radius 3 is 2.24 bits per heavy atom. The van der Waals surface area contributed by atoms with Crippen molar-refractivity contribution in [3.8, 4) is 5.75 Å². The van der Waals surface area contributed by atoms with E-state index >= 15 is 0 Å². The van der Waals surface area contributed by atoms with E-state index in [1.165, 1.54) is 38.4 Å². The fourth-order valence-corrected chi connectivity index (χ4v) is 3.52. The fourth-order valence-electron chi connectivity index (χ4n) is 2.55. The molecule has 0 radical (unpaired) electrons. The lowest BCUT2D eigenvalue weighted by molar-refractivity contribution is -0.122. The highest BCUT2D eigenvalue weighted by Crippen LogP contribution is 2.25. The highest BCUT2D eigenvalue weighted by Gasteiger charge is 2.21. The number of nitrogens with one attached hydrogen (secondary N) is 1. The predicted octanol–water partition coefficient (Wildman–Crippen LogP) is 3.71. The van der Waals surface area contributed by atoms with Gasteiger partial charge in [0.1, 0.15) is 5.75 Å². The summed E-state index contributed by atoms with van der Waals surface area (Å²) in [5.41, 5.74) is 2.55. The van der Waals surface area contributed by atoms with Gasteiger partial charge in [-0.25, -0.2) is 8.42 Å². The molecule has 29 heavy (non-hydrogen) atoms. The van der Waals surface area contributed by atoms with Gasteiger partial charge in [0.2, 0.25) is 0 Å². The first-order chi connectivity index (χ1) is 13.6. The van der Waals surface area contributed by atoms with Crippen LogP contribution in [0.1, 0.15) is 37.8 Å². The van der Waals surface area contributed by atoms with Crippen LogP contribution in [0.2, 0.25) is 0 Å². The summed E-state index contributed by atoms with van der Waals surface area (Å²) in [7, 11) is -1.16. The molecule has 0 bridgehead atoms. The van der Waals surface area contributed by atoms with E-state index in [-0.39, 0.29) is 10.8 Å². The van der Waals surface area contributed by atoms with Gasteiger partial charge in [0.15, 0.2) is 6.10 Å². The summed E-state index contributed by atoms with van der Waals surface area (Å²) in [6, 6.07) is 11.8. The molecule has 0 spiro atoms. The number of aryl methyl sites for hydroxylation is 1. The molecule has 1 N–H and O–H groups in total. The minimum atomic E-state index is -3.73. The third-order valence-electron chi connectivity index (χ3n) is 4.57. The number of anilines is 1. The van der Waals surface area contributed by atoms with Crippen LogP contribution >= 0.6 is 0 Å². The zero-order valence-corrected chi connectivity index (χ0v) is 18.4. The molecular formula is C21H28N2O5S. The van der Waals surface area contributed by atoms with Crippen LogP contribution in [0.4, 0.5) is 5.69 Å². The Labute approximate surface area is 172 Å². The third kappa shape index (κ3) is 5.56. The summed E-state index contributed by atoms with van der Waals surface area (Å²) >= 11 is 0. The van der Waals surface area contributed by atoms with Crippen molar-refractivity contribution in [1.82, 2.24) is 4.47 Å². The molecule has 0 saturated carbocycles. The monoisotopic (exact) mass is 420 g/mol. The molecule has 0 heterocycles. The van der Waals surface area contributed by atoms with Gasteiger partial charge in [-0.2, -0.15) is 0 Å². The van der Waals surface area contributed by atoms with Crippen molar-refractivity contribution in [1.29, 1.82) is 0 Å². The largest absolute Gasteiger partial charge is 0.481 e. The Hall–Kier alpha value is -2.42. The summed E-state index contributed by atoms with van der Waals surface area (Å²) in [6.45, 7) is 7.79. The lowest BCUT2D eigenvalue weighted by atomic mass is 10.0. The van der Waals surface area contributed by atoms with Gasteiger partial charge < -0.3 is 10.1 Å². The van der Waals surface area contributed by atoms with Crippen molar-refractivity contribution in [2.75, 3.05) is 19.5 Å². The van der Waals surface area contributed by atoms with Crippen LogP contribution < -0.4 is 10.1 Å². The number of hydrogen-bond acceptors (Lipinski definition) is 5. The van der Waals surface area contributed by atoms with Crippen molar-refractivity contribution in [3.63, 3.8) is 0 Å². The molecule has 0 aliphatic heterocycles. The van der Waals surface area contributed by atoms with Crippen LogP contribution in [0.25, 0.3) is 0 Å². The number of amides is 1. The van der Waals surface area contributed by atoms with Crippen molar-refractivity contribution >= 4 is 21.6 Å². The van der Waals surface area contributed by atoms with E-state index < -0.39 is 16.1 Å². The molecule has 0 aliphatic carbocycles. The second-order valence-corrected chi connectivity index (χ2v) is 8.99. The van der Waals surface area contributed by atoms with Crippen molar-refractivity contribution in [2.24, 2.45) is 0 Å². The molecule has 0 fully saturated rings. The topological polar surface area (TPSA) is 84.9 Å². The van der Waals surface area contributed by atoms with Gasteiger partial charge in [0, 0.05) is 12.7 Å². The molecule has 1 atom stereocenters. The Morgan fingerprint density at radius 2 is 1.69 bits per heavy atom. The number of hydroxylamine groups is 1. The van der Waals surface area contributed by atoms with Gasteiger partial charge in [-0.1, -0.05) is 30.4 Å². The Bertz CT molecular complexity index is 956. The van der Waals surface area contributed by atoms with Gasteiger partial charge in [-0.3, -0.25) is 9.63 Å². The van der Waals surface area contributed by atoms with Crippen LogP contribution in [0.5, 0.6) is 5.75 Å². The van der Waals surface area contributed by atoms with E-state index in [4.69, 9.17) is 9.57 Å². The Kier molecular flexibility index (Phi) is 7.40. The maximum absolute atomic E-state index is 12.5. The zero-order valence-electron chi connectivity index (χ0n) is 17.6. The van der Waals surface area contributed by atoms with Crippen molar-refractivity contribution < 1.29 is 22.8 Å². The summed E-state index contributed by atoms with van der Waals surface area (Å²) in [4.78, 5) is 17.3. The van der Waals surface area contributed by atoms with E-state index in [0.29, 0.717) is 17.4 Å². The molecule has 2 aromatic rings. The molecule has 2 rings (SSSR count). The highest BCUT2D eigenvalue weighted by molar-refractivity contribution is 7.89. The molecule has 0 unspecified atom stereocenters. The highest BCUT2D eigenvalue weighted by atomic mass is 32.2. The minimum absolute atomic E-state index is 0.0604. The molecule has 0 saturated heterocycles. The molecule has 8 heteroatoms. The Morgan fingerprint density at radius 1 is 1.07 bits per heavy atom. The number of hydrogen-bond donors (Lipinski definition) is 1. The summed E-state index contributed by atoms with van der Waals surface area (Å²) in [5, 5.41) is 2.74. The fraction of sp³-hybridized carbons (Fsp3) is 0.381. The first-order valence-corrected chi connectivity index (χ1v) is 10.7. The number of rotatable bonds is 8. The molecular weight excluding hydrogens is 392 g/mol. The lowest BCUT2D eigenvalue weighted by Gasteiger charge is -2.18. The first kappa shape index (κ1) is 22.9. The summed E-state index contributed by atoms with van der Waals surface area (Å²) in [6.07, 6.45) is -0.723. The van der Waals surface area contributed by atoms with E-state index in [9.17, 15) is 13.2 Å². The van der Waals surface area contributed by atoms with Crippen LogP contribution in [-0.2, 0) is 19.7 Å². The van der Waals surface area contributed by atoms with Crippen molar-refractivity contribution in [2.45, 2.75) is 44.6 Å². The van der Waals surface area contributed by atoms with Crippen LogP contribution in [-0.4, -0.2) is 39.1 Å². The van der Waals surface area contributed by atoms with Gasteiger partial charge in [-0.05, 0) is 61.2 Å². The number of sulfonamides is 1. The number of carbonyl (C=O) groups excluding carboxylic acids is 1. The minimum Gasteiger partial charge on any atom is -0.481 e. The normalized spacial score (nSPS) is 12.8. The SMILES string of the molecule is CON(C)S(=O)(=O)c1ccc(NC(=O)[C@H](C)Oc2cc(C(C)C)ccc2C)cc1. The second kappa shape index (κ2) is 9.39. The average Bonchev–Trinajstić information content (AvgIpc) is 2.69. The molecule has 0 aromatic heterocycles. The molecule has 0 aliphatic rings. The van der Waals surface area contributed by atoms with Crippen LogP contribution in [0.15, 0.2) is 47.4 Å². The van der Waals surface area contributed by atoms with Gasteiger partial charge in [0.05, 0.1) is 12.0 Å². The maximum Gasteiger partial charge on any atom is 0.265 e. The Balaban J connectivity index is 2.08. The number of nitrogens with zero attached hydrogens (tertiary/aromatic N) is 1. The van der Waals surface area contributed by atoms with E-state index in [0.717, 1.165) is 15.6 Å². The number of ether oxygens (including phenoxy) is 1. The van der Waals surface area contributed by atoms with Gasteiger partial charge in [-0.15, -0.1) is 0 Å². The summed E-state index contributed by atoms with van der Waals surface area (Å²) in [5.74, 6) is 0.695. The molecule has 7 nitrogen and oxygen atoms in total. The smallest absolute Gasteiger partial charge is 0.265 e. The predicted molar refractivity (Wildman–Crippen MR) is 112 cm³/mol. The maximum atomic E-state index is 12.5. The van der Waals surface area contributed by atoms with E-state index in [1.54, 1.807) is 6.92 Å². The average molecular weight is 421 g/mol. The first-order valence-electron chi connectivity index (χ1n) is 9.27. The van der Waals surface area contributed by atoms with Crippen LogP contribution in [0.3, 0.4) is 0 Å². The van der Waals surface area contributed by atoms with Crippen LogP contribution in [0, 0.1) is 6.92 Å². The molecule has 2 aromatic carbocycles. The standard InChI is InChI=1S/C21H28N2O5S/c1-14(2)17-8-7-15(3)20(13-17)28-16(4)21(24)22-18-9-11-19(12-10-18)29(25,26)23(5)27-6/h7-14,16H,1-6H3,(H,22,24)/t16-/m0/s1. The van der Waals surface area contributed by atoms with E-state index in [1.807, 2.05) is 25.1 Å². The number of carbonyl (C=O) groups is 1.